The van der Waals surface area contributed by atoms with Crippen molar-refractivity contribution in [1.29, 1.82) is 0 Å². The van der Waals surface area contributed by atoms with E-state index in [9.17, 15) is 14.4 Å². The van der Waals surface area contributed by atoms with Gasteiger partial charge in [-0.05, 0) is 236 Å². The molecule has 0 saturated carbocycles. The van der Waals surface area contributed by atoms with Crippen LogP contribution in [-0.4, -0.2) is 17.9 Å². The lowest BCUT2D eigenvalue weighted by molar-refractivity contribution is 0.0725. The third-order valence-corrected chi connectivity index (χ3v) is 22.0. The first-order valence-corrected chi connectivity index (χ1v) is 39.2. The first kappa shape index (κ1) is 73.1. The molecule has 0 heterocycles. The fourth-order valence-electron chi connectivity index (χ4n) is 16.1. The average molecular weight is 1510 g/mol. The second-order valence-electron chi connectivity index (χ2n) is 28.9. The molecule has 0 bridgehead atoms. The lowest BCUT2D eigenvalue weighted by atomic mass is 9.67. The molecule has 560 valence electrons. The first-order chi connectivity index (χ1) is 57.7. The van der Waals surface area contributed by atoms with E-state index in [4.69, 9.17) is 14.2 Å². The van der Waals surface area contributed by atoms with Gasteiger partial charge in [0.05, 0.1) is 33.8 Å². The van der Waals surface area contributed by atoms with Gasteiger partial charge in [0.1, 0.15) is 17.2 Å². The summed E-state index contributed by atoms with van der Waals surface area (Å²) in [6, 6.07) is 146. The minimum absolute atomic E-state index is 0.370. The van der Waals surface area contributed by atoms with E-state index in [0.29, 0.717) is 40.4 Å². The van der Waals surface area contributed by atoms with Crippen molar-refractivity contribution in [2.75, 3.05) is 14.7 Å². The van der Waals surface area contributed by atoms with Crippen LogP contribution in [0.25, 0.3) is 65.7 Å². The van der Waals surface area contributed by atoms with Gasteiger partial charge in [-0.1, -0.05) is 280 Å². The first-order valence-electron chi connectivity index (χ1n) is 39.2. The molecule has 0 spiro atoms. The van der Waals surface area contributed by atoms with E-state index in [1.54, 1.807) is 36.4 Å². The maximum Gasteiger partial charge on any atom is 0.343 e. The molecule has 18 aromatic rings. The topological polar surface area (TPSA) is 88.6 Å². The number of rotatable bonds is 22. The van der Waals surface area contributed by atoms with Crippen LogP contribution < -0.4 is 28.9 Å². The SMILES string of the molecule is CCC(c1ccc(OC(=O)c2ccc(-c3ccc(N(c4ccccc4)c4cccc5ccccc45)cc3)cc2)cc1)(c1ccc(OC(=O)c2ccc(-c3ccc(N(c4ccccc4)c4cccc5ccccc45)cc3)cc2)cc1)c1ccc(OC(=O)c2ccc(-c3ccc(N(c4ccccc4)c4cccc5ccccc45)cc3)cc2)cc1. The molecule has 0 amide bonds. The number of carbonyl (C=O) groups is 3. The highest BCUT2D eigenvalue weighted by atomic mass is 16.5. The van der Waals surface area contributed by atoms with Crippen LogP contribution in [-0.2, 0) is 5.41 Å². The van der Waals surface area contributed by atoms with E-state index in [1.807, 2.05) is 127 Å². The van der Waals surface area contributed by atoms with Crippen LogP contribution in [0.15, 0.2) is 437 Å². The number of hydrogen-bond donors (Lipinski definition) is 0. The molecule has 0 aliphatic heterocycles. The van der Waals surface area contributed by atoms with Crippen molar-refractivity contribution >= 4 is 101 Å². The molecule has 18 rings (SSSR count). The fraction of sp³-hybridized carbons (Fsp3) is 0.0278. The Balaban J connectivity index is 0.582. The van der Waals surface area contributed by atoms with Crippen LogP contribution in [0.4, 0.5) is 51.2 Å². The van der Waals surface area contributed by atoms with Gasteiger partial charge in [-0.3, -0.25) is 0 Å². The van der Waals surface area contributed by atoms with E-state index >= 15 is 0 Å². The number of nitrogens with zero attached hydrogens (tertiary/aromatic N) is 3. The second-order valence-corrected chi connectivity index (χ2v) is 28.9. The van der Waals surface area contributed by atoms with Gasteiger partial charge in [0.15, 0.2) is 0 Å². The van der Waals surface area contributed by atoms with Crippen LogP contribution in [0.5, 0.6) is 17.2 Å². The molecule has 9 heteroatoms. The number of ether oxygens (including phenoxy) is 3. The molecule has 0 N–H and O–H groups in total. The summed E-state index contributed by atoms with van der Waals surface area (Å²) in [6.45, 7) is 2.12. The maximum atomic E-state index is 14.0. The molecule has 117 heavy (non-hydrogen) atoms. The van der Waals surface area contributed by atoms with E-state index in [2.05, 4.69) is 295 Å². The number of fused-ring (bicyclic) bond motifs is 3. The molecule has 0 aliphatic rings. The van der Waals surface area contributed by atoms with Crippen LogP contribution in [0.2, 0.25) is 0 Å². The third kappa shape index (κ3) is 15.1. The van der Waals surface area contributed by atoms with E-state index in [1.165, 1.54) is 0 Å². The minimum Gasteiger partial charge on any atom is -0.423 e. The summed E-state index contributed by atoms with van der Waals surface area (Å²) in [5, 5.41) is 6.95. The van der Waals surface area contributed by atoms with Gasteiger partial charge in [0.25, 0.3) is 0 Å². The molecular weight excluding hydrogens is 1440 g/mol. The highest BCUT2D eigenvalue weighted by molar-refractivity contribution is 6.02. The zero-order valence-electron chi connectivity index (χ0n) is 64.1. The van der Waals surface area contributed by atoms with Crippen LogP contribution in [0.3, 0.4) is 0 Å². The van der Waals surface area contributed by atoms with Crippen molar-refractivity contribution in [1.82, 2.24) is 0 Å². The normalized spacial score (nSPS) is 11.3. The Morgan fingerprint density at radius 3 is 0.684 bits per heavy atom. The van der Waals surface area contributed by atoms with E-state index < -0.39 is 23.3 Å². The van der Waals surface area contributed by atoms with Crippen molar-refractivity contribution < 1.29 is 28.6 Å². The Hall–Kier alpha value is -15.5. The lowest BCUT2D eigenvalue weighted by Crippen LogP contribution is -2.28. The number of hydrogen-bond acceptors (Lipinski definition) is 9. The summed E-state index contributed by atoms with van der Waals surface area (Å²) < 4.78 is 18.3. The van der Waals surface area contributed by atoms with Crippen LogP contribution in [0, 0.1) is 0 Å². The Morgan fingerprint density at radius 2 is 0.436 bits per heavy atom. The van der Waals surface area contributed by atoms with Crippen molar-refractivity contribution in [2.24, 2.45) is 0 Å². The summed E-state index contributed by atoms with van der Waals surface area (Å²) in [5.74, 6) is -0.372. The van der Waals surface area contributed by atoms with Crippen molar-refractivity contribution in [3.8, 4) is 50.6 Å². The summed E-state index contributed by atoms with van der Waals surface area (Å²) in [6.07, 6.45) is 0.574. The predicted octanol–water partition coefficient (Wildman–Crippen LogP) is 28.0. The monoisotopic (exact) mass is 1510 g/mol. The van der Waals surface area contributed by atoms with Gasteiger partial charge in [-0.25, -0.2) is 14.4 Å². The molecule has 9 nitrogen and oxygen atoms in total. The molecular formula is C108H77N3O6. The van der Waals surface area contributed by atoms with Gasteiger partial charge in [-0.2, -0.15) is 0 Å². The molecule has 0 aromatic heterocycles. The molecule has 0 atom stereocenters. The van der Waals surface area contributed by atoms with Gasteiger partial charge >= 0.3 is 17.9 Å². The smallest absolute Gasteiger partial charge is 0.343 e. The van der Waals surface area contributed by atoms with Gasteiger partial charge < -0.3 is 28.9 Å². The molecule has 0 unspecified atom stereocenters. The Kier molecular flexibility index (Phi) is 20.4. The van der Waals surface area contributed by atoms with Gasteiger partial charge in [-0.15, -0.1) is 0 Å². The number of benzene rings is 18. The third-order valence-electron chi connectivity index (χ3n) is 22.0. The van der Waals surface area contributed by atoms with Crippen LogP contribution in [0.1, 0.15) is 61.1 Å². The zero-order valence-corrected chi connectivity index (χ0v) is 64.1. The van der Waals surface area contributed by atoms with Crippen LogP contribution >= 0.6 is 0 Å². The Morgan fingerprint density at radius 1 is 0.222 bits per heavy atom. The molecule has 0 radical (unpaired) electrons. The van der Waals surface area contributed by atoms with Crippen molar-refractivity contribution in [3.05, 3.63) is 470 Å². The minimum atomic E-state index is -0.814. The Labute approximate surface area is 680 Å². The second kappa shape index (κ2) is 32.7. The predicted molar refractivity (Wildman–Crippen MR) is 477 cm³/mol. The van der Waals surface area contributed by atoms with E-state index in [0.717, 1.165) is 134 Å². The van der Waals surface area contributed by atoms with Gasteiger partial charge in [0, 0.05) is 55.7 Å². The summed E-state index contributed by atoms with van der Waals surface area (Å²) in [7, 11) is 0. The number of para-hydroxylation sites is 3. The highest BCUT2D eigenvalue weighted by Gasteiger charge is 2.36. The molecule has 0 aliphatic carbocycles. The molecule has 18 aromatic carbocycles. The number of carbonyl (C=O) groups excluding carboxylic acids is 3. The molecule has 0 saturated heterocycles. The fourth-order valence-corrected chi connectivity index (χ4v) is 16.1. The maximum absolute atomic E-state index is 14.0. The highest BCUT2D eigenvalue weighted by Crippen LogP contribution is 2.47. The standard InChI is InChI=1S/C108H77N3O6/c1-2-108(87-57-69-96(70-58-87)115-105(112)84-45-39-75(40-46-84)78-51-63-93(64-52-78)109(90-27-6-3-7-28-90)102-36-18-24-81-21-12-15-33-99(81)102,88-59-71-97(72-60-88)116-106(113)85-47-41-76(42-48-85)79-53-65-94(66-54-79)110(91-29-8-4-9-30-91)103-37-19-25-82-22-13-16-34-100(82)103)89-61-73-98(74-62-89)117-107(114)86-49-43-77(44-50-86)80-55-67-95(68-56-80)111(92-31-10-5-11-32-92)104-38-20-26-83-23-14-17-35-101(83)104/h3-74H,2H2,1H3. The van der Waals surface area contributed by atoms with Crippen molar-refractivity contribution in [3.63, 3.8) is 0 Å². The van der Waals surface area contributed by atoms with Gasteiger partial charge in [0.2, 0.25) is 0 Å². The average Bonchev–Trinajstić information content (AvgIpc) is 0.737. The largest absolute Gasteiger partial charge is 0.423 e. The number of anilines is 9. The quantitative estimate of drug-likeness (QED) is 0.0374. The zero-order chi connectivity index (χ0) is 79.0. The number of esters is 3. The summed E-state index contributed by atoms with van der Waals surface area (Å²) in [4.78, 5) is 48.9. The summed E-state index contributed by atoms with van der Waals surface area (Å²) >= 11 is 0. The van der Waals surface area contributed by atoms with E-state index in [-0.39, 0.29) is 0 Å². The van der Waals surface area contributed by atoms with Crippen molar-refractivity contribution in [2.45, 2.75) is 18.8 Å². The lowest BCUT2D eigenvalue weighted by Gasteiger charge is -2.35. The molecule has 0 fully saturated rings. The summed E-state index contributed by atoms with van der Waals surface area (Å²) in [5.41, 5.74) is 18.4. The Bertz CT molecular complexity index is 5920.